The number of hydrogen-bond acceptors (Lipinski definition) is 6. The minimum absolute atomic E-state index is 0.155. The van der Waals surface area contributed by atoms with Crippen molar-refractivity contribution in [3.8, 4) is 18.2 Å². The van der Waals surface area contributed by atoms with Crippen LogP contribution >= 0.6 is 0 Å². The molecule has 5 rings (SSSR count). The van der Waals surface area contributed by atoms with E-state index in [1.165, 1.54) is 9.80 Å². The summed E-state index contributed by atoms with van der Waals surface area (Å²) < 4.78 is 0. The second-order valence-electron chi connectivity index (χ2n) is 10.8. The highest BCUT2D eigenvalue weighted by atomic mass is 16.2. The maximum Gasteiger partial charge on any atom is 0.244 e. The Morgan fingerprint density at radius 3 is 1.77 bits per heavy atom. The second-order valence-corrected chi connectivity index (χ2v) is 10.8. The van der Waals surface area contributed by atoms with Crippen molar-refractivity contribution in [3.63, 3.8) is 0 Å². The van der Waals surface area contributed by atoms with Crippen LogP contribution in [0.3, 0.4) is 0 Å². The molecule has 2 atom stereocenters. The van der Waals surface area contributed by atoms with Crippen LogP contribution in [0.5, 0.6) is 0 Å². The SMILES string of the molecule is CC(C)=CCN1C(=O)[C@@]2(C(C#N)=C(N)C(C#N)(C#N)[C@]23C(=O)N(CC=C(C)C)c2ccccc23)c2ccccc21. The van der Waals surface area contributed by atoms with Gasteiger partial charge in [-0.3, -0.25) is 9.59 Å². The standard InChI is InChI=1S/C32H28N6O2/c1-20(2)13-15-37-25-11-7-5-9-22(25)31(28(37)39)24(17-33)27(36)30(18-34,19-35)32(31)23-10-6-8-12-26(23)38(29(32)40)16-14-21(3)4/h5-14H,15-16,36H2,1-4H3/t31-,32-/m0/s1. The highest BCUT2D eigenvalue weighted by Gasteiger charge is 2.85. The molecule has 3 aliphatic rings. The van der Waals surface area contributed by atoms with Crippen molar-refractivity contribution in [3.05, 3.63) is 94.2 Å². The van der Waals surface area contributed by atoms with Gasteiger partial charge in [0.25, 0.3) is 0 Å². The Balaban J connectivity index is 1.99. The summed E-state index contributed by atoms with van der Waals surface area (Å²) in [5.41, 5.74) is 3.13. The lowest BCUT2D eigenvalue weighted by Gasteiger charge is -2.43. The fraction of sp³-hybridized carbons (Fsp3) is 0.281. The lowest BCUT2D eigenvalue weighted by atomic mass is 9.50. The van der Waals surface area contributed by atoms with Gasteiger partial charge in [0.1, 0.15) is 10.8 Å². The minimum Gasteiger partial charge on any atom is -0.399 e. The van der Waals surface area contributed by atoms with E-state index in [4.69, 9.17) is 5.73 Å². The van der Waals surface area contributed by atoms with Crippen molar-refractivity contribution in [2.24, 2.45) is 11.1 Å². The Hall–Kier alpha value is -5.13. The minimum atomic E-state index is -2.33. The van der Waals surface area contributed by atoms with Crippen LogP contribution in [0.2, 0.25) is 0 Å². The van der Waals surface area contributed by atoms with E-state index in [2.05, 4.69) is 18.2 Å². The highest BCUT2D eigenvalue weighted by Crippen LogP contribution is 2.72. The molecule has 2 aliphatic heterocycles. The van der Waals surface area contributed by atoms with Crippen molar-refractivity contribution >= 4 is 23.2 Å². The van der Waals surface area contributed by atoms with Crippen LogP contribution in [0.4, 0.5) is 11.4 Å². The first-order valence-corrected chi connectivity index (χ1v) is 12.9. The van der Waals surface area contributed by atoms with Crippen molar-refractivity contribution in [1.82, 2.24) is 0 Å². The summed E-state index contributed by atoms with van der Waals surface area (Å²) in [6, 6.07) is 20.0. The summed E-state index contributed by atoms with van der Waals surface area (Å²) in [4.78, 5) is 33.0. The number of carbonyl (C=O) groups excluding carboxylic acids is 2. The van der Waals surface area contributed by atoms with Crippen molar-refractivity contribution in [1.29, 1.82) is 15.8 Å². The van der Waals surface area contributed by atoms with Gasteiger partial charge >= 0.3 is 0 Å². The molecule has 0 unspecified atom stereocenters. The third-order valence-corrected chi connectivity index (χ3v) is 8.31. The maximum absolute atomic E-state index is 15.0. The molecule has 8 heteroatoms. The topological polar surface area (TPSA) is 138 Å². The van der Waals surface area contributed by atoms with Crippen LogP contribution in [-0.4, -0.2) is 24.9 Å². The zero-order valence-electron chi connectivity index (χ0n) is 22.8. The van der Waals surface area contributed by atoms with Crippen LogP contribution in [0.15, 0.2) is 83.1 Å². The molecule has 8 nitrogen and oxygen atoms in total. The van der Waals surface area contributed by atoms with Crippen molar-refractivity contribution < 1.29 is 9.59 Å². The normalized spacial score (nSPS) is 23.5. The second kappa shape index (κ2) is 8.97. The summed E-state index contributed by atoms with van der Waals surface area (Å²) >= 11 is 0. The average Bonchev–Trinajstić information content (AvgIpc) is 3.42. The van der Waals surface area contributed by atoms with Crippen LogP contribution in [-0.2, 0) is 20.4 Å². The molecule has 2 aromatic rings. The Morgan fingerprint density at radius 2 is 1.27 bits per heavy atom. The third kappa shape index (κ3) is 2.82. The van der Waals surface area contributed by atoms with Crippen molar-refractivity contribution in [2.45, 2.75) is 38.5 Å². The number of nitriles is 3. The zero-order chi connectivity index (χ0) is 29.0. The Bertz CT molecular complexity index is 1690. The summed E-state index contributed by atoms with van der Waals surface area (Å²) in [5, 5.41) is 32.2. The number of anilines is 2. The highest BCUT2D eigenvalue weighted by molar-refractivity contribution is 6.23. The van der Waals surface area contributed by atoms with Crippen molar-refractivity contribution in [2.75, 3.05) is 22.9 Å². The molecule has 2 amide bonds. The van der Waals surface area contributed by atoms with Gasteiger partial charge in [-0.25, -0.2) is 0 Å². The van der Waals surface area contributed by atoms with E-state index in [0.29, 0.717) is 22.5 Å². The van der Waals surface area contributed by atoms with Gasteiger partial charge in [0.2, 0.25) is 17.2 Å². The Labute approximate surface area is 233 Å². The van der Waals surface area contributed by atoms with Gasteiger partial charge in [-0.05, 0) is 51.0 Å². The third-order valence-electron chi connectivity index (χ3n) is 8.31. The van der Waals surface area contributed by atoms with E-state index in [1.54, 1.807) is 48.5 Å². The monoisotopic (exact) mass is 528 g/mol. The van der Waals surface area contributed by atoms with E-state index in [-0.39, 0.29) is 24.4 Å². The summed E-state index contributed by atoms with van der Waals surface area (Å²) in [5.74, 6) is -1.18. The summed E-state index contributed by atoms with van der Waals surface area (Å²) in [6.07, 6.45) is 3.74. The van der Waals surface area contributed by atoms with Crippen LogP contribution in [0.1, 0.15) is 38.8 Å². The number of allylic oxidation sites excluding steroid dienone is 3. The molecule has 1 aliphatic carbocycles. The molecular weight excluding hydrogens is 500 g/mol. The van der Waals surface area contributed by atoms with Crippen LogP contribution < -0.4 is 15.5 Å². The van der Waals surface area contributed by atoms with Crippen LogP contribution in [0, 0.1) is 39.4 Å². The van der Waals surface area contributed by atoms with E-state index >= 15 is 4.79 Å². The molecule has 40 heavy (non-hydrogen) atoms. The average molecular weight is 529 g/mol. The smallest absolute Gasteiger partial charge is 0.244 e. The van der Waals surface area contributed by atoms with Gasteiger partial charge < -0.3 is 15.5 Å². The van der Waals surface area contributed by atoms with E-state index < -0.39 is 28.1 Å². The maximum atomic E-state index is 15.0. The van der Waals surface area contributed by atoms with Gasteiger partial charge in [0, 0.05) is 24.5 Å². The van der Waals surface area contributed by atoms with E-state index in [0.717, 1.165) is 11.1 Å². The quantitative estimate of drug-likeness (QED) is 0.588. The van der Waals surface area contributed by atoms with Crippen LogP contribution in [0.25, 0.3) is 0 Å². The number of fused-ring (bicyclic) bond motifs is 5. The number of hydrogen-bond donors (Lipinski definition) is 1. The first-order valence-electron chi connectivity index (χ1n) is 12.9. The molecular formula is C32H28N6O2. The Kier molecular flexibility index (Phi) is 5.94. The predicted molar refractivity (Wildman–Crippen MR) is 150 cm³/mol. The molecule has 0 saturated carbocycles. The molecule has 0 aromatic heterocycles. The fourth-order valence-corrected chi connectivity index (χ4v) is 6.66. The zero-order valence-corrected chi connectivity index (χ0v) is 22.8. The number of nitrogens with zero attached hydrogens (tertiary/aromatic N) is 5. The fourth-order valence-electron chi connectivity index (χ4n) is 6.66. The predicted octanol–water partition coefficient (Wildman–Crippen LogP) is 4.27. The largest absolute Gasteiger partial charge is 0.399 e. The molecule has 0 saturated heterocycles. The molecule has 198 valence electrons. The number of amides is 2. The van der Waals surface area contributed by atoms with Gasteiger partial charge in [-0.1, -0.05) is 59.7 Å². The van der Waals surface area contributed by atoms with Gasteiger partial charge in [-0.15, -0.1) is 0 Å². The number of para-hydroxylation sites is 2. The molecule has 2 spiro atoms. The number of benzene rings is 2. The van der Waals surface area contributed by atoms with Gasteiger partial charge in [-0.2, -0.15) is 15.8 Å². The number of nitrogens with two attached hydrogens (primary N) is 1. The van der Waals surface area contributed by atoms with E-state index in [1.807, 2.05) is 39.8 Å². The number of rotatable bonds is 4. The molecule has 2 N–H and O–H groups in total. The molecule has 2 heterocycles. The summed E-state index contributed by atoms with van der Waals surface area (Å²) in [6.45, 7) is 7.96. The van der Waals surface area contributed by atoms with Gasteiger partial charge in [0.15, 0.2) is 0 Å². The molecule has 0 fully saturated rings. The Morgan fingerprint density at radius 1 is 0.800 bits per heavy atom. The first-order chi connectivity index (χ1) is 19.1. The summed E-state index contributed by atoms with van der Waals surface area (Å²) in [7, 11) is 0. The van der Waals surface area contributed by atoms with E-state index in [9.17, 15) is 20.6 Å². The lowest BCUT2D eigenvalue weighted by Crippen LogP contribution is -2.64. The molecule has 0 bridgehead atoms. The molecule has 0 radical (unpaired) electrons. The molecule has 2 aromatic carbocycles. The first kappa shape index (κ1) is 26.5. The number of carbonyl (C=O) groups is 2. The lowest BCUT2D eigenvalue weighted by molar-refractivity contribution is -0.134. The van der Waals surface area contributed by atoms with Gasteiger partial charge in [0.05, 0.1) is 29.5 Å².